The van der Waals surface area contributed by atoms with E-state index >= 15 is 0 Å². The van der Waals surface area contributed by atoms with Gasteiger partial charge in [-0.05, 0) is 50.3 Å². The summed E-state index contributed by atoms with van der Waals surface area (Å²) in [7, 11) is 0. The molecule has 4 heteroatoms. The molecular weight excluding hydrogens is 258 g/mol. The smallest absolute Gasteiger partial charge is 0.126 e. The van der Waals surface area contributed by atoms with Gasteiger partial charge in [0.25, 0.3) is 0 Å². The number of nitrogens with zero attached hydrogens (tertiary/aromatic N) is 1. The number of hydrogen-bond donors (Lipinski definition) is 1. The molecule has 2 unspecified atom stereocenters. The van der Waals surface area contributed by atoms with Gasteiger partial charge in [0, 0.05) is 37.3 Å². The van der Waals surface area contributed by atoms with Crippen LogP contribution in [-0.4, -0.2) is 29.6 Å². The molecular formula is C16H22F2N2. The van der Waals surface area contributed by atoms with E-state index in [0.717, 1.165) is 24.7 Å². The summed E-state index contributed by atoms with van der Waals surface area (Å²) in [5.41, 5.74) is 0.832. The van der Waals surface area contributed by atoms with Crippen LogP contribution in [0.3, 0.4) is 0 Å². The largest absolute Gasteiger partial charge is 0.311 e. The highest BCUT2D eigenvalue weighted by Crippen LogP contribution is 2.44. The zero-order valence-electron chi connectivity index (χ0n) is 12.1. The third-order valence-electron chi connectivity index (χ3n) is 4.78. The van der Waals surface area contributed by atoms with Crippen molar-refractivity contribution in [2.75, 3.05) is 13.1 Å². The van der Waals surface area contributed by atoms with Crippen LogP contribution in [0.2, 0.25) is 0 Å². The summed E-state index contributed by atoms with van der Waals surface area (Å²) < 4.78 is 26.7. The Morgan fingerprint density at radius 1 is 1.25 bits per heavy atom. The molecule has 1 aliphatic heterocycles. The fourth-order valence-electron chi connectivity index (χ4n) is 3.37. The molecule has 1 saturated carbocycles. The minimum absolute atomic E-state index is 0.106. The summed E-state index contributed by atoms with van der Waals surface area (Å²) in [5, 5.41) is 3.54. The molecule has 2 atom stereocenters. The van der Waals surface area contributed by atoms with E-state index in [-0.39, 0.29) is 5.54 Å². The van der Waals surface area contributed by atoms with Crippen molar-refractivity contribution >= 4 is 0 Å². The predicted octanol–water partition coefficient (Wildman–Crippen LogP) is 2.93. The van der Waals surface area contributed by atoms with Gasteiger partial charge in [-0.15, -0.1) is 0 Å². The Kier molecular flexibility index (Phi) is 3.55. The van der Waals surface area contributed by atoms with Gasteiger partial charge in [0.2, 0.25) is 0 Å². The van der Waals surface area contributed by atoms with Gasteiger partial charge in [-0.3, -0.25) is 4.90 Å². The predicted molar refractivity (Wildman–Crippen MR) is 75.4 cm³/mol. The van der Waals surface area contributed by atoms with Gasteiger partial charge in [-0.2, -0.15) is 0 Å². The Labute approximate surface area is 119 Å². The second-order valence-corrected chi connectivity index (χ2v) is 6.57. The zero-order valence-corrected chi connectivity index (χ0v) is 12.1. The second-order valence-electron chi connectivity index (χ2n) is 6.57. The molecule has 3 rings (SSSR count). The summed E-state index contributed by atoms with van der Waals surface area (Å²) in [4.78, 5) is 2.40. The van der Waals surface area contributed by atoms with Gasteiger partial charge in [0.05, 0.1) is 0 Å². The fraction of sp³-hybridized carbons (Fsp3) is 0.625. The van der Waals surface area contributed by atoms with Crippen LogP contribution in [0, 0.1) is 17.6 Å². The van der Waals surface area contributed by atoms with Gasteiger partial charge in [-0.25, -0.2) is 8.78 Å². The van der Waals surface area contributed by atoms with E-state index in [1.165, 1.54) is 25.0 Å². The molecule has 1 aromatic rings. The summed E-state index contributed by atoms with van der Waals surface area (Å²) >= 11 is 0. The van der Waals surface area contributed by atoms with Crippen molar-refractivity contribution in [3.05, 3.63) is 35.4 Å². The van der Waals surface area contributed by atoms with E-state index in [1.54, 1.807) is 0 Å². The number of halogens is 2. The number of rotatable bonds is 3. The van der Waals surface area contributed by atoms with Gasteiger partial charge >= 0.3 is 0 Å². The van der Waals surface area contributed by atoms with Crippen molar-refractivity contribution in [2.45, 2.75) is 44.8 Å². The summed E-state index contributed by atoms with van der Waals surface area (Å²) in [6, 6.07) is 4.25. The van der Waals surface area contributed by atoms with Crippen LogP contribution < -0.4 is 5.32 Å². The molecule has 0 spiro atoms. The summed E-state index contributed by atoms with van der Waals surface area (Å²) in [5.74, 6) is -0.270. The van der Waals surface area contributed by atoms with E-state index in [9.17, 15) is 8.78 Å². The van der Waals surface area contributed by atoms with Crippen molar-refractivity contribution in [3.63, 3.8) is 0 Å². The van der Waals surface area contributed by atoms with Crippen molar-refractivity contribution in [3.8, 4) is 0 Å². The first kappa shape index (κ1) is 14.0. The third kappa shape index (κ3) is 2.72. The Bertz CT molecular complexity index is 481. The quantitative estimate of drug-likeness (QED) is 0.916. The number of nitrogens with one attached hydrogen (secondary N) is 1. The maximum absolute atomic E-state index is 13.4. The Morgan fingerprint density at radius 3 is 2.50 bits per heavy atom. The lowest BCUT2D eigenvalue weighted by Gasteiger charge is -2.48. The zero-order chi connectivity index (χ0) is 14.3. The lowest BCUT2D eigenvalue weighted by Crippen LogP contribution is -2.63. The first-order valence-corrected chi connectivity index (χ1v) is 7.41. The van der Waals surface area contributed by atoms with Crippen LogP contribution >= 0.6 is 0 Å². The number of piperazine rings is 1. The maximum Gasteiger partial charge on any atom is 0.126 e. The first-order valence-electron chi connectivity index (χ1n) is 7.41. The Balaban J connectivity index is 1.82. The second kappa shape index (κ2) is 5.08. The highest BCUT2D eigenvalue weighted by atomic mass is 19.1. The lowest BCUT2D eigenvalue weighted by molar-refractivity contribution is 0.0310. The molecule has 110 valence electrons. The van der Waals surface area contributed by atoms with E-state index < -0.39 is 11.6 Å². The molecule has 2 aliphatic rings. The van der Waals surface area contributed by atoms with Crippen LogP contribution in [0.15, 0.2) is 18.2 Å². The SMILES string of the molecule is CC1CN(Cc2cc(F)cc(F)c2)C(C)(C2CC2)CN1. The average molecular weight is 280 g/mol. The topological polar surface area (TPSA) is 15.3 Å². The van der Waals surface area contributed by atoms with Crippen LogP contribution in [0.4, 0.5) is 8.78 Å². The molecule has 0 amide bonds. The van der Waals surface area contributed by atoms with Crippen LogP contribution in [0.5, 0.6) is 0 Å². The minimum atomic E-state index is -0.490. The third-order valence-corrected chi connectivity index (χ3v) is 4.78. The molecule has 1 saturated heterocycles. The lowest BCUT2D eigenvalue weighted by atomic mass is 9.89. The first-order chi connectivity index (χ1) is 9.47. The summed E-state index contributed by atoms with van der Waals surface area (Å²) in [6.07, 6.45) is 2.53. The molecule has 20 heavy (non-hydrogen) atoms. The van der Waals surface area contributed by atoms with Crippen LogP contribution in [0.1, 0.15) is 32.3 Å². The van der Waals surface area contributed by atoms with Crippen molar-refractivity contribution in [1.29, 1.82) is 0 Å². The fourth-order valence-corrected chi connectivity index (χ4v) is 3.37. The molecule has 2 nitrogen and oxygen atoms in total. The number of hydrogen-bond acceptors (Lipinski definition) is 2. The molecule has 1 N–H and O–H groups in total. The highest BCUT2D eigenvalue weighted by molar-refractivity contribution is 5.19. The summed E-state index contributed by atoms with van der Waals surface area (Å²) in [6.45, 7) is 6.93. The van der Waals surface area contributed by atoms with Gasteiger partial charge < -0.3 is 5.32 Å². The Hall–Kier alpha value is -1.00. The average Bonchev–Trinajstić information content (AvgIpc) is 3.17. The van der Waals surface area contributed by atoms with Gasteiger partial charge in [-0.1, -0.05) is 0 Å². The molecule has 1 aliphatic carbocycles. The molecule has 0 radical (unpaired) electrons. The monoisotopic (exact) mass is 280 g/mol. The van der Waals surface area contributed by atoms with E-state index in [0.29, 0.717) is 18.5 Å². The minimum Gasteiger partial charge on any atom is -0.311 e. The van der Waals surface area contributed by atoms with Crippen LogP contribution in [0.25, 0.3) is 0 Å². The molecule has 1 aromatic carbocycles. The standard InChI is InChI=1S/C16H22F2N2/c1-11-8-20(16(2,10-19-11)13-3-4-13)9-12-5-14(17)7-15(18)6-12/h5-7,11,13,19H,3-4,8-10H2,1-2H3. The van der Waals surface area contributed by atoms with Crippen LogP contribution in [-0.2, 0) is 6.54 Å². The normalized spacial score (nSPS) is 31.5. The van der Waals surface area contributed by atoms with Gasteiger partial charge in [0.15, 0.2) is 0 Å². The van der Waals surface area contributed by atoms with E-state index in [2.05, 4.69) is 24.1 Å². The molecule has 1 heterocycles. The molecule has 0 bridgehead atoms. The van der Waals surface area contributed by atoms with E-state index in [4.69, 9.17) is 0 Å². The maximum atomic E-state index is 13.4. The Morgan fingerprint density at radius 2 is 1.90 bits per heavy atom. The molecule has 2 fully saturated rings. The van der Waals surface area contributed by atoms with Gasteiger partial charge in [0.1, 0.15) is 11.6 Å². The van der Waals surface area contributed by atoms with Crippen molar-refractivity contribution in [1.82, 2.24) is 10.2 Å². The van der Waals surface area contributed by atoms with Crippen molar-refractivity contribution in [2.24, 2.45) is 5.92 Å². The van der Waals surface area contributed by atoms with Crippen molar-refractivity contribution < 1.29 is 8.78 Å². The molecule has 0 aromatic heterocycles. The number of benzene rings is 1. The highest BCUT2D eigenvalue weighted by Gasteiger charge is 2.47. The van der Waals surface area contributed by atoms with E-state index in [1.807, 2.05) is 0 Å².